The van der Waals surface area contributed by atoms with Crippen molar-refractivity contribution in [1.29, 1.82) is 0 Å². The van der Waals surface area contributed by atoms with Crippen LogP contribution in [0.5, 0.6) is 0 Å². The van der Waals surface area contributed by atoms with Crippen LogP contribution >= 0.6 is 0 Å². The molecule has 1 aliphatic rings. The fourth-order valence-corrected chi connectivity index (χ4v) is 2.57. The van der Waals surface area contributed by atoms with E-state index in [1.807, 2.05) is 0 Å². The summed E-state index contributed by atoms with van der Waals surface area (Å²) in [5, 5.41) is 9.45. The van der Waals surface area contributed by atoms with Crippen molar-refractivity contribution in [1.82, 2.24) is 15.5 Å². The number of hydrogen-bond acceptors (Lipinski definition) is 4. The molecule has 108 valence electrons. The Balaban J connectivity index is 2.00. The first-order valence-electron chi connectivity index (χ1n) is 6.95. The number of nitrogens with zero attached hydrogens (tertiary/aromatic N) is 1. The molecule has 1 aliphatic carbocycles. The van der Waals surface area contributed by atoms with Crippen LogP contribution in [0.1, 0.15) is 46.0 Å². The SMILES string of the molecule is CCCCNC(=O)c1cccc2c1C(=O)c1c(N)n[nH]c1-2. The molecule has 0 bridgehead atoms. The second kappa shape index (κ2) is 5.05. The van der Waals surface area contributed by atoms with Gasteiger partial charge in [-0.2, -0.15) is 5.10 Å². The number of benzene rings is 1. The highest BCUT2D eigenvalue weighted by molar-refractivity contribution is 6.27. The summed E-state index contributed by atoms with van der Waals surface area (Å²) in [7, 11) is 0. The average Bonchev–Trinajstić information content (AvgIpc) is 3.00. The second-order valence-electron chi connectivity index (χ2n) is 5.03. The number of rotatable bonds is 4. The number of nitrogens with two attached hydrogens (primary N) is 1. The first-order valence-corrected chi connectivity index (χ1v) is 6.95. The van der Waals surface area contributed by atoms with E-state index in [4.69, 9.17) is 5.73 Å². The Morgan fingerprint density at radius 1 is 1.38 bits per heavy atom. The lowest BCUT2D eigenvalue weighted by Gasteiger charge is -2.08. The first kappa shape index (κ1) is 13.4. The van der Waals surface area contributed by atoms with E-state index in [9.17, 15) is 9.59 Å². The van der Waals surface area contributed by atoms with Crippen molar-refractivity contribution >= 4 is 17.5 Å². The van der Waals surface area contributed by atoms with Crippen LogP contribution < -0.4 is 11.1 Å². The monoisotopic (exact) mass is 284 g/mol. The van der Waals surface area contributed by atoms with Gasteiger partial charge in [0.05, 0.1) is 16.8 Å². The fourth-order valence-electron chi connectivity index (χ4n) is 2.57. The van der Waals surface area contributed by atoms with Gasteiger partial charge in [0.15, 0.2) is 11.6 Å². The molecule has 0 fully saturated rings. The summed E-state index contributed by atoms with van der Waals surface area (Å²) in [6.07, 6.45) is 1.91. The molecule has 6 heteroatoms. The minimum absolute atomic E-state index is 0.170. The molecule has 0 atom stereocenters. The van der Waals surface area contributed by atoms with Crippen LogP contribution in [-0.2, 0) is 0 Å². The van der Waals surface area contributed by atoms with E-state index in [1.54, 1.807) is 18.2 Å². The largest absolute Gasteiger partial charge is 0.382 e. The number of ketones is 1. The maximum Gasteiger partial charge on any atom is 0.252 e. The number of unbranched alkanes of at least 4 members (excludes halogenated alkanes) is 1. The molecular formula is C15H16N4O2. The Hall–Kier alpha value is -2.63. The zero-order valence-corrected chi connectivity index (χ0v) is 11.7. The number of fused-ring (bicyclic) bond motifs is 3. The Labute approximate surface area is 121 Å². The van der Waals surface area contributed by atoms with Gasteiger partial charge in [0.1, 0.15) is 0 Å². The summed E-state index contributed by atoms with van der Waals surface area (Å²) in [6.45, 7) is 2.65. The molecule has 1 aromatic heterocycles. The molecule has 0 aliphatic heterocycles. The molecule has 3 rings (SSSR count). The van der Waals surface area contributed by atoms with Crippen molar-refractivity contribution in [2.75, 3.05) is 12.3 Å². The number of carbonyl (C=O) groups excluding carboxylic acids is 2. The van der Waals surface area contributed by atoms with Gasteiger partial charge in [0.25, 0.3) is 5.91 Å². The molecule has 0 spiro atoms. The molecule has 6 nitrogen and oxygen atoms in total. The number of hydrogen-bond donors (Lipinski definition) is 3. The molecule has 2 aromatic rings. The molecule has 1 aromatic carbocycles. The lowest BCUT2D eigenvalue weighted by molar-refractivity contribution is 0.0942. The fraction of sp³-hybridized carbons (Fsp3) is 0.267. The molecule has 4 N–H and O–H groups in total. The number of H-pyrrole nitrogens is 1. The van der Waals surface area contributed by atoms with Crippen LogP contribution in [0.4, 0.5) is 5.82 Å². The minimum atomic E-state index is -0.243. The summed E-state index contributed by atoms with van der Waals surface area (Å²) in [5.74, 6) is -0.304. The maximum absolute atomic E-state index is 12.5. The maximum atomic E-state index is 12.5. The highest BCUT2D eigenvalue weighted by Gasteiger charge is 2.34. The van der Waals surface area contributed by atoms with Gasteiger partial charge in [0, 0.05) is 17.7 Å². The number of carbonyl (C=O) groups is 2. The summed E-state index contributed by atoms with van der Waals surface area (Å²) in [4.78, 5) is 24.8. The molecule has 0 saturated heterocycles. The predicted octanol–water partition coefficient (Wildman–Crippen LogP) is 1.73. The van der Waals surface area contributed by atoms with Crippen LogP contribution in [0, 0.1) is 0 Å². The van der Waals surface area contributed by atoms with Crippen LogP contribution in [-0.4, -0.2) is 28.4 Å². The van der Waals surface area contributed by atoms with E-state index in [0.717, 1.165) is 12.8 Å². The highest BCUT2D eigenvalue weighted by atomic mass is 16.2. The van der Waals surface area contributed by atoms with E-state index in [0.29, 0.717) is 34.5 Å². The van der Waals surface area contributed by atoms with E-state index in [1.165, 1.54) is 0 Å². The van der Waals surface area contributed by atoms with Gasteiger partial charge in [-0.1, -0.05) is 25.5 Å². The van der Waals surface area contributed by atoms with Crippen molar-refractivity contribution in [2.45, 2.75) is 19.8 Å². The van der Waals surface area contributed by atoms with Gasteiger partial charge in [-0.3, -0.25) is 14.7 Å². The van der Waals surface area contributed by atoms with E-state index in [2.05, 4.69) is 22.4 Å². The molecular weight excluding hydrogens is 268 g/mol. The van der Waals surface area contributed by atoms with Crippen molar-refractivity contribution in [3.05, 3.63) is 34.9 Å². The second-order valence-corrected chi connectivity index (χ2v) is 5.03. The third-order valence-electron chi connectivity index (χ3n) is 3.64. The van der Waals surface area contributed by atoms with Crippen LogP contribution in [0.2, 0.25) is 0 Å². The van der Waals surface area contributed by atoms with Crippen LogP contribution in [0.3, 0.4) is 0 Å². The van der Waals surface area contributed by atoms with Crippen molar-refractivity contribution in [3.63, 3.8) is 0 Å². The third kappa shape index (κ3) is 1.99. The zero-order valence-electron chi connectivity index (χ0n) is 11.7. The van der Waals surface area contributed by atoms with E-state index >= 15 is 0 Å². The normalized spacial score (nSPS) is 12.1. The van der Waals surface area contributed by atoms with Gasteiger partial charge in [-0.25, -0.2) is 0 Å². The number of nitrogen functional groups attached to an aromatic ring is 1. The van der Waals surface area contributed by atoms with Gasteiger partial charge in [-0.05, 0) is 12.5 Å². The molecule has 0 saturated carbocycles. The number of aromatic amines is 1. The summed E-state index contributed by atoms with van der Waals surface area (Å²) in [5.41, 5.74) is 8.15. The number of amides is 1. The quantitative estimate of drug-likeness (QED) is 0.635. The Kier molecular flexibility index (Phi) is 3.21. The van der Waals surface area contributed by atoms with Crippen molar-refractivity contribution in [2.24, 2.45) is 0 Å². The lowest BCUT2D eigenvalue weighted by atomic mass is 10.0. The third-order valence-corrected chi connectivity index (χ3v) is 3.64. The minimum Gasteiger partial charge on any atom is -0.382 e. The number of nitrogens with one attached hydrogen (secondary N) is 2. The Bertz CT molecular complexity index is 733. The van der Waals surface area contributed by atoms with Gasteiger partial charge in [0.2, 0.25) is 0 Å². The average molecular weight is 284 g/mol. The standard InChI is InChI=1S/C15H16N4O2/c1-2-3-7-17-15(21)9-6-4-5-8-10(9)13(20)11-12(8)18-19-14(11)16/h4-6H,2-3,7H2,1H3,(H,17,21)(H3,16,18,19). The smallest absolute Gasteiger partial charge is 0.252 e. The summed E-state index contributed by atoms with van der Waals surface area (Å²) in [6, 6.07) is 5.21. The molecule has 1 heterocycles. The highest BCUT2D eigenvalue weighted by Crippen LogP contribution is 2.39. The van der Waals surface area contributed by atoms with Gasteiger partial charge >= 0.3 is 0 Å². The Morgan fingerprint density at radius 2 is 2.19 bits per heavy atom. The summed E-state index contributed by atoms with van der Waals surface area (Å²) >= 11 is 0. The zero-order chi connectivity index (χ0) is 15.0. The molecule has 0 unspecified atom stereocenters. The van der Waals surface area contributed by atoms with Crippen LogP contribution in [0.25, 0.3) is 11.3 Å². The topological polar surface area (TPSA) is 101 Å². The lowest BCUT2D eigenvalue weighted by Crippen LogP contribution is -2.26. The van der Waals surface area contributed by atoms with Crippen LogP contribution in [0.15, 0.2) is 18.2 Å². The summed E-state index contributed by atoms with van der Waals surface area (Å²) < 4.78 is 0. The van der Waals surface area contributed by atoms with Gasteiger partial charge in [-0.15, -0.1) is 0 Å². The predicted molar refractivity (Wildman–Crippen MR) is 79.1 cm³/mol. The molecule has 0 radical (unpaired) electrons. The van der Waals surface area contributed by atoms with Crippen molar-refractivity contribution < 1.29 is 9.59 Å². The number of aromatic nitrogens is 2. The molecule has 21 heavy (non-hydrogen) atoms. The number of anilines is 1. The Morgan fingerprint density at radius 3 is 2.95 bits per heavy atom. The van der Waals surface area contributed by atoms with Gasteiger partial charge < -0.3 is 11.1 Å². The molecule has 1 amide bonds. The first-order chi connectivity index (χ1) is 10.1. The van der Waals surface area contributed by atoms with Crippen molar-refractivity contribution in [3.8, 4) is 11.3 Å². The van der Waals surface area contributed by atoms with E-state index < -0.39 is 0 Å². The van der Waals surface area contributed by atoms with E-state index in [-0.39, 0.29) is 17.5 Å².